The molecule has 1 saturated carbocycles. The number of hydrogen-bond acceptors (Lipinski definition) is 5. The fraction of sp³-hybridized carbons (Fsp3) is 0.615. The van der Waals surface area contributed by atoms with Crippen molar-refractivity contribution < 1.29 is 4.92 Å². The SMILES string of the molecule is O=[N+]([O-])c1ccc(N2CCN(C[C@H]3CC3(Cl)Cl)CC2)cn1. The average molecular weight is 331 g/mol. The maximum Gasteiger partial charge on any atom is 0.363 e. The van der Waals surface area contributed by atoms with Crippen LogP contribution in [0, 0.1) is 16.0 Å². The minimum Gasteiger partial charge on any atom is -0.366 e. The molecular formula is C13H16Cl2N4O2. The first-order valence-corrected chi connectivity index (χ1v) is 7.67. The van der Waals surface area contributed by atoms with Crippen LogP contribution in [0.25, 0.3) is 0 Å². The number of halogens is 2. The van der Waals surface area contributed by atoms with Crippen LogP contribution < -0.4 is 4.90 Å². The Morgan fingerprint density at radius 3 is 2.48 bits per heavy atom. The van der Waals surface area contributed by atoms with E-state index < -0.39 is 9.26 Å². The molecule has 2 fully saturated rings. The number of hydrogen-bond donors (Lipinski definition) is 0. The zero-order chi connectivity index (χ0) is 15.0. The first-order chi connectivity index (χ1) is 9.95. The second-order valence-electron chi connectivity index (χ2n) is 5.58. The molecule has 1 aliphatic carbocycles. The van der Waals surface area contributed by atoms with E-state index in [0.717, 1.165) is 44.8 Å². The van der Waals surface area contributed by atoms with E-state index in [1.165, 1.54) is 6.07 Å². The molecule has 114 valence electrons. The quantitative estimate of drug-likeness (QED) is 0.481. The molecule has 1 saturated heterocycles. The molecule has 0 aromatic carbocycles. The van der Waals surface area contributed by atoms with Gasteiger partial charge in [-0.05, 0) is 22.4 Å². The number of pyridine rings is 1. The summed E-state index contributed by atoms with van der Waals surface area (Å²) in [6.07, 6.45) is 2.44. The lowest BCUT2D eigenvalue weighted by atomic mass is 10.2. The van der Waals surface area contributed by atoms with E-state index in [0.29, 0.717) is 5.92 Å². The van der Waals surface area contributed by atoms with Gasteiger partial charge in [-0.15, -0.1) is 23.2 Å². The third-order valence-electron chi connectivity index (χ3n) is 4.09. The number of aromatic nitrogens is 1. The second-order valence-corrected chi connectivity index (χ2v) is 7.12. The van der Waals surface area contributed by atoms with Gasteiger partial charge in [0.05, 0.1) is 5.69 Å². The Kier molecular flexibility index (Phi) is 3.94. The van der Waals surface area contributed by atoms with Crippen molar-refractivity contribution in [3.8, 4) is 0 Å². The van der Waals surface area contributed by atoms with Gasteiger partial charge < -0.3 is 15.0 Å². The molecule has 0 bridgehead atoms. The maximum absolute atomic E-state index is 10.6. The van der Waals surface area contributed by atoms with E-state index in [9.17, 15) is 10.1 Å². The van der Waals surface area contributed by atoms with E-state index in [1.54, 1.807) is 12.3 Å². The molecule has 1 aromatic rings. The molecule has 0 radical (unpaired) electrons. The zero-order valence-electron chi connectivity index (χ0n) is 11.4. The van der Waals surface area contributed by atoms with Gasteiger partial charge in [0.1, 0.15) is 4.33 Å². The lowest BCUT2D eigenvalue weighted by Crippen LogP contribution is -2.47. The Bertz CT molecular complexity index is 529. The minimum atomic E-state index is -0.514. The highest BCUT2D eigenvalue weighted by Crippen LogP contribution is 2.53. The molecule has 21 heavy (non-hydrogen) atoms. The standard InChI is InChI=1S/C13H16Cl2N4O2/c14-13(15)7-10(13)9-17-3-5-18(6-4-17)11-1-2-12(16-8-11)19(20)21/h1-2,8,10H,3-7,9H2/t10-/m1/s1. The predicted molar refractivity (Wildman–Crippen MR) is 82.1 cm³/mol. The Hall–Kier alpha value is -1.11. The molecule has 2 aliphatic rings. The van der Waals surface area contributed by atoms with Gasteiger partial charge in [-0.25, -0.2) is 0 Å². The largest absolute Gasteiger partial charge is 0.366 e. The fourth-order valence-corrected chi connectivity index (χ4v) is 3.15. The summed E-state index contributed by atoms with van der Waals surface area (Å²) in [7, 11) is 0. The van der Waals surface area contributed by atoms with Crippen LogP contribution in [-0.2, 0) is 0 Å². The molecule has 1 atom stereocenters. The molecule has 6 nitrogen and oxygen atoms in total. The van der Waals surface area contributed by atoms with Gasteiger partial charge in [0.15, 0.2) is 6.20 Å². The van der Waals surface area contributed by atoms with Gasteiger partial charge in [-0.3, -0.25) is 4.90 Å². The van der Waals surface area contributed by atoms with Crippen LogP contribution in [0.2, 0.25) is 0 Å². The molecule has 2 heterocycles. The number of nitro groups is 1. The Labute approximate surface area is 132 Å². The first-order valence-electron chi connectivity index (χ1n) is 6.91. The monoisotopic (exact) mass is 330 g/mol. The molecule has 0 spiro atoms. The highest BCUT2D eigenvalue weighted by molar-refractivity contribution is 6.50. The third kappa shape index (κ3) is 3.39. The molecule has 0 N–H and O–H groups in total. The highest BCUT2D eigenvalue weighted by Gasteiger charge is 2.52. The van der Waals surface area contributed by atoms with E-state index in [4.69, 9.17) is 23.2 Å². The van der Waals surface area contributed by atoms with Crippen molar-refractivity contribution in [2.75, 3.05) is 37.6 Å². The summed E-state index contributed by atoms with van der Waals surface area (Å²) < 4.78 is -0.514. The maximum atomic E-state index is 10.6. The summed E-state index contributed by atoms with van der Waals surface area (Å²) in [5.74, 6) is 0.264. The summed E-state index contributed by atoms with van der Waals surface area (Å²) in [5.41, 5.74) is 0.927. The molecule has 1 aliphatic heterocycles. The lowest BCUT2D eigenvalue weighted by Gasteiger charge is -2.35. The van der Waals surface area contributed by atoms with Crippen LogP contribution in [0.15, 0.2) is 18.3 Å². The molecule has 8 heteroatoms. The fourth-order valence-electron chi connectivity index (χ4n) is 2.64. The van der Waals surface area contributed by atoms with Gasteiger partial charge in [0.2, 0.25) is 0 Å². The molecule has 0 amide bonds. The van der Waals surface area contributed by atoms with E-state index in [1.807, 2.05) is 0 Å². The summed E-state index contributed by atoms with van der Waals surface area (Å²) in [5, 5.41) is 10.6. The summed E-state index contributed by atoms with van der Waals surface area (Å²) >= 11 is 12.1. The smallest absolute Gasteiger partial charge is 0.363 e. The van der Waals surface area contributed by atoms with Crippen molar-refractivity contribution in [1.82, 2.24) is 9.88 Å². The van der Waals surface area contributed by atoms with Crippen LogP contribution in [-0.4, -0.2) is 51.9 Å². The van der Waals surface area contributed by atoms with Gasteiger partial charge >= 0.3 is 5.82 Å². The van der Waals surface area contributed by atoms with Crippen LogP contribution in [0.3, 0.4) is 0 Å². The van der Waals surface area contributed by atoms with Crippen molar-refractivity contribution in [1.29, 1.82) is 0 Å². The lowest BCUT2D eigenvalue weighted by molar-refractivity contribution is -0.389. The summed E-state index contributed by atoms with van der Waals surface area (Å²) in [4.78, 5) is 18.5. The number of alkyl halides is 2. The Balaban J connectivity index is 1.52. The third-order valence-corrected chi connectivity index (χ3v) is 5.02. The van der Waals surface area contributed by atoms with E-state index in [-0.39, 0.29) is 5.82 Å². The molecule has 3 rings (SSSR count). The molecular weight excluding hydrogens is 315 g/mol. The Morgan fingerprint density at radius 2 is 2.00 bits per heavy atom. The highest BCUT2D eigenvalue weighted by atomic mass is 35.5. The summed E-state index contributed by atoms with van der Waals surface area (Å²) in [6, 6.07) is 3.20. The average Bonchev–Trinajstić information content (AvgIpc) is 3.06. The Morgan fingerprint density at radius 1 is 1.33 bits per heavy atom. The second kappa shape index (κ2) is 5.59. The number of anilines is 1. The van der Waals surface area contributed by atoms with Crippen LogP contribution in [0.1, 0.15) is 6.42 Å². The predicted octanol–water partition coefficient (Wildman–Crippen LogP) is 2.31. The number of rotatable bonds is 4. The zero-order valence-corrected chi connectivity index (χ0v) is 12.9. The van der Waals surface area contributed by atoms with E-state index in [2.05, 4.69) is 14.8 Å². The van der Waals surface area contributed by atoms with Crippen molar-refractivity contribution in [2.45, 2.75) is 10.8 Å². The van der Waals surface area contributed by atoms with Crippen molar-refractivity contribution in [3.63, 3.8) is 0 Å². The van der Waals surface area contributed by atoms with Crippen molar-refractivity contribution in [3.05, 3.63) is 28.4 Å². The molecule has 0 unspecified atom stereocenters. The van der Waals surface area contributed by atoms with Gasteiger partial charge in [0.25, 0.3) is 0 Å². The molecule has 1 aromatic heterocycles. The van der Waals surface area contributed by atoms with E-state index >= 15 is 0 Å². The van der Waals surface area contributed by atoms with Gasteiger partial charge in [-0.2, -0.15) is 0 Å². The van der Waals surface area contributed by atoms with Crippen molar-refractivity contribution >= 4 is 34.7 Å². The number of nitrogens with zero attached hydrogens (tertiary/aromatic N) is 4. The van der Waals surface area contributed by atoms with Gasteiger partial charge in [0, 0.05) is 44.7 Å². The van der Waals surface area contributed by atoms with Crippen LogP contribution in [0.4, 0.5) is 11.5 Å². The summed E-state index contributed by atoms with van der Waals surface area (Å²) in [6.45, 7) is 4.58. The first kappa shape index (κ1) is 14.8. The van der Waals surface area contributed by atoms with Crippen molar-refractivity contribution in [2.24, 2.45) is 5.92 Å². The van der Waals surface area contributed by atoms with Gasteiger partial charge in [-0.1, -0.05) is 0 Å². The normalized spacial score (nSPS) is 24.9. The minimum absolute atomic E-state index is 0.119. The topological polar surface area (TPSA) is 62.5 Å². The van der Waals surface area contributed by atoms with Crippen LogP contribution >= 0.6 is 23.2 Å². The number of piperazine rings is 1. The van der Waals surface area contributed by atoms with Crippen LogP contribution in [0.5, 0.6) is 0 Å².